The zero-order chi connectivity index (χ0) is 24.8. The fraction of sp³-hybridized carbons (Fsp3) is 0.276. The number of ether oxygens (including phenoxy) is 5. The van der Waals surface area contributed by atoms with E-state index in [0.717, 1.165) is 33.6 Å². The number of anilines is 1. The largest absolute Gasteiger partial charge is 0.493 e. The number of hydrogen-bond acceptors (Lipinski definition) is 7. The minimum atomic E-state index is -0.180. The van der Waals surface area contributed by atoms with E-state index in [0.29, 0.717) is 41.6 Å². The van der Waals surface area contributed by atoms with Crippen LogP contribution in [-0.4, -0.2) is 33.9 Å². The van der Waals surface area contributed by atoms with Crippen LogP contribution in [0.4, 0.5) is 5.69 Å². The van der Waals surface area contributed by atoms with Gasteiger partial charge >= 0.3 is 0 Å². The Labute approximate surface area is 209 Å². The van der Waals surface area contributed by atoms with Crippen LogP contribution < -0.4 is 29.0 Å². The van der Waals surface area contributed by atoms with Gasteiger partial charge in [0.25, 0.3) is 0 Å². The molecule has 0 radical (unpaired) electrons. The van der Waals surface area contributed by atoms with E-state index in [1.165, 1.54) is 0 Å². The Bertz CT molecular complexity index is 1360. The van der Waals surface area contributed by atoms with Crippen molar-refractivity contribution in [2.24, 2.45) is 0 Å². The Morgan fingerprint density at radius 2 is 1.53 bits per heavy atom. The van der Waals surface area contributed by atoms with E-state index >= 15 is 0 Å². The zero-order valence-electron chi connectivity index (χ0n) is 20.4. The van der Waals surface area contributed by atoms with Gasteiger partial charge in [-0.3, -0.25) is 4.79 Å². The van der Waals surface area contributed by atoms with Gasteiger partial charge in [0.1, 0.15) is 0 Å². The molecule has 2 atom stereocenters. The van der Waals surface area contributed by atoms with Crippen LogP contribution in [0.1, 0.15) is 41.4 Å². The highest BCUT2D eigenvalue weighted by molar-refractivity contribution is 6.02. The fourth-order valence-electron chi connectivity index (χ4n) is 5.57. The highest BCUT2D eigenvalue weighted by Crippen LogP contribution is 2.52. The van der Waals surface area contributed by atoms with E-state index in [2.05, 4.69) is 17.4 Å². The lowest BCUT2D eigenvalue weighted by Crippen LogP contribution is -2.29. The summed E-state index contributed by atoms with van der Waals surface area (Å²) < 4.78 is 27.9. The molecule has 0 unspecified atom stereocenters. The Hall–Kier alpha value is -4.13. The highest BCUT2D eigenvalue weighted by atomic mass is 16.7. The maximum absolute atomic E-state index is 13.8. The Morgan fingerprint density at radius 1 is 0.833 bits per heavy atom. The van der Waals surface area contributed by atoms with Crippen LogP contribution in [0.25, 0.3) is 0 Å². The molecular formula is C29H27NO6. The van der Waals surface area contributed by atoms with Gasteiger partial charge in [-0.05, 0) is 47.2 Å². The third kappa shape index (κ3) is 3.54. The predicted molar refractivity (Wildman–Crippen MR) is 135 cm³/mol. The van der Waals surface area contributed by atoms with Gasteiger partial charge < -0.3 is 29.0 Å². The summed E-state index contributed by atoms with van der Waals surface area (Å²) in [5, 5.41) is 3.57. The van der Waals surface area contributed by atoms with Gasteiger partial charge in [-0.1, -0.05) is 30.3 Å². The zero-order valence-corrected chi connectivity index (χ0v) is 20.4. The molecule has 0 bridgehead atoms. The number of benzene rings is 3. The number of methoxy groups -OCH3 is 3. The molecule has 36 heavy (non-hydrogen) atoms. The molecular weight excluding hydrogens is 458 g/mol. The van der Waals surface area contributed by atoms with E-state index in [1.54, 1.807) is 21.3 Å². The van der Waals surface area contributed by atoms with Crippen molar-refractivity contribution in [1.82, 2.24) is 0 Å². The second-order valence-electron chi connectivity index (χ2n) is 9.14. The van der Waals surface area contributed by atoms with E-state index < -0.39 is 0 Å². The van der Waals surface area contributed by atoms with Crippen molar-refractivity contribution in [2.75, 3.05) is 33.4 Å². The summed E-state index contributed by atoms with van der Waals surface area (Å²) in [6.45, 7) is 0.198. The van der Waals surface area contributed by atoms with Gasteiger partial charge in [0.05, 0.1) is 21.3 Å². The first-order valence-electron chi connectivity index (χ1n) is 11.9. The van der Waals surface area contributed by atoms with Crippen molar-refractivity contribution in [2.45, 2.75) is 24.7 Å². The van der Waals surface area contributed by atoms with Crippen molar-refractivity contribution >= 4 is 11.5 Å². The van der Waals surface area contributed by atoms with Crippen LogP contribution in [0.5, 0.6) is 28.7 Å². The number of hydrogen-bond donors (Lipinski definition) is 1. The van der Waals surface area contributed by atoms with Crippen molar-refractivity contribution in [3.63, 3.8) is 0 Å². The Morgan fingerprint density at radius 3 is 2.19 bits per heavy atom. The molecule has 3 aromatic rings. The highest BCUT2D eigenvalue weighted by Gasteiger charge is 2.39. The number of nitrogens with one attached hydrogen (secondary N) is 1. The molecule has 0 aromatic heterocycles. The van der Waals surface area contributed by atoms with Crippen LogP contribution in [-0.2, 0) is 4.79 Å². The number of allylic oxidation sites excluding steroid dienone is 2. The van der Waals surface area contributed by atoms with Crippen LogP contribution in [0.3, 0.4) is 0 Å². The van der Waals surface area contributed by atoms with Gasteiger partial charge in [-0.25, -0.2) is 0 Å². The first-order chi connectivity index (χ1) is 17.6. The van der Waals surface area contributed by atoms with Crippen LogP contribution in [0, 0.1) is 0 Å². The molecule has 7 heteroatoms. The molecule has 3 aliphatic rings. The summed E-state index contributed by atoms with van der Waals surface area (Å²) >= 11 is 0. The van der Waals surface area contributed by atoms with Gasteiger partial charge in [0, 0.05) is 35.4 Å². The molecule has 0 fully saturated rings. The smallest absolute Gasteiger partial charge is 0.231 e. The second kappa shape index (κ2) is 8.82. The summed E-state index contributed by atoms with van der Waals surface area (Å²) in [5.41, 5.74) is 5.75. The minimum Gasteiger partial charge on any atom is -0.493 e. The topological polar surface area (TPSA) is 75.3 Å². The number of carbonyl (C=O) groups is 1. The summed E-state index contributed by atoms with van der Waals surface area (Å²) in [7, 11) is 4.78. The lowest BCUT2D eigenvalue weighted by atomic mass is 9.72. The number of ketones is 1. The molecule has 2 aliphatic heterocycles. The molecule has 184 valence electrons. The van der Waals surface area contributed by atoms with Crippen LogP contribution >= 0.6 is 0 Å². The molecule has 2 heterocycles. The SMILES string of the molecule is COc1cc([C@@H]2CC(=O)C3=C(C2)Nc2cc4c(cc2[C@H]3c2ccccc2)OCO4)cc(OC)c1OC. The summed E-state index contributed by atoms with van der Waals surface area (Å²) in [5.74, 6) is 3.02. The molecule has 0 amide bonds. The first-order valence-corrected chi connectivity index (χ1v) is 11.9. The molecule has 1 N–H and O–H groups in total. The van der Waals surface area contributed by atoms with E-state index in [9.17, 15) is 4.79 Å². The van der Waals surface area contributed by atoms with Crippen LogP contribution in [0.15, 0.2) is 65.9 Å². The van der Waals surface area contributed by atoms with E-state index in [-0.39, 0.29) is 24.4 Å². The molecule has 0 spiro atoms. The Kier molecular flexibility index (Phi) is 5.48. The normalized spacial score (nSPS) is 19.8. The van der Waals surface area contributed by atoms with Crippen molar-refractivity contribution in [3.05, 3.63) is 82.6 Å². The molecule has 3 aromatic carbocycles. The lowest BCUT2D eigenvalue weighted by molar-refractivity contribution is -0.116. The average molecular weight is 486 g/mol. The molecule has 7 nitrogen and oxygen atoms in total. The molecule has 1 aliphatic carbocycles. The predicted octanol–water partition coefficient (Wildman–Crippen LogP) is 5.40. The minimum absolute atomic E-state index is 0.0376. The van der Waals surface area contributed by atoms with Gasteiger partial charge in [0.15, 0.2) is 28.8 Å². The van der Waals surface area contributed by atoms with Gasteiger partial charge in [0.2, 0.25) is 12.5 Å². The monoisotopic (exact) mass is 485 g/mol. The quantitative estimate of drug-likeness (QED) is 0.519. The number of fused-ring (bicyclic) bond motifs is 2. The second-order valence-corrected chi connectivity index (χ2v) is 9.14. The van der Waals surface area contributed by atoms with Gasteiger partial charge in [-0.2, -0.15) is 0 Å². The fourth-order valence-corrected chi connectivity index (χ4v) is 5.57. The van der Waals surface area contributed by atoms with E-state index in [4.69, 9.17) is 23.7 Å². The maximum Gasteiger partial charge on any atom is 0.231 e. The average Bonchev–Trinajstić information content (AvgIpc) is 3.37. The maximum atomic E-state index is 13.8. The van der Waals surface area contributed by atoms with Crippen LogP contribution in [0.2, 0.25) is 0 Å². The number of Topliss-reactive ketones (excluding diaryl/α,β-unsaturated/α-hetero) is 1. The third-order valence-electron chi connectivity index (χ3n) is 7.23. The summed E-state index contributed by atoms with van der Waals surface area (Å²) in [6, 6.07) is 18.0. The van der Waals surface area contributed by atoms with Gasteiger partial charge in [-0.15, -0.1) is 0 Å². The lowest BCUT2D eigenvalue weighted by Gasteiger charge is -2.37. The summed E-state index contributed by atoms with van der Waals surface area (Å²) in [4.78, 5) is 13.8. The third-order valence-corrected chi connectivity index (χ3v) is 7.23. The number of rotatable bonds is 5. The molecule has 6 rings (SSSR count). The van der Waals surface area contributed by atoms with Crippen molar-refractivity contribution in [3.8, 4) is 28.7 Å². The van der Waals surface area contributed by atoms with Crippen molar-refractivity contribution in [1.29, 1.82) is 0 Å². The Balaban J connectivity index is 1.45. The number of carbonyl (C=O) groups excluding carboxylic acids is 1. The summed E-state index contributed by atoms with van der Waals surface area (Å²) in [6.07, 6.45) is 1.07. The first kappa shape index (κ1) is 22.3. The van der Waals surface area contributed by atoms with Crippen molar-refractivity contribution < 1.29 is 28.5 Å². The molecule has 0 saturated carbocycles. The van der Waals surface area contributed by atoms with E-state index in [1.807, 2.05) is 42.5 Å². The standard InChI is InChI=1S/C29H27NO6/c1-32-25-11-18(12-26(33-2)29(25)34-3)17-9-21-28(22(31)10-17)27(16-7-5-4-6-8-16)19-13-23-24(36-15-35-23)14-20(19)30-21/h4-8,11-14,17,27,30H,9-10,15H2,1-3H3/t17-,27+/m0/s1. The molecule has 0 saturated heterocycles.